The van der Waals surface area contributed by atoms with Crippen molar-refractivity contribution in [2.45, 2.75) is 44.6 Å². The van der Waals surface area contributed by atoms with E-state index in [1.807, 2.05) is 6.08 Å². The van der Waals surface area contributed by atoms with Crippen LogP contribution in [0.4, 0.5) is 0 Å². The zero-order valence-corrected chi connectivity index (χ0v) is 7.13. The van der Waals surface area contributed by atoms with Crippen molar-refractivity contribution in [2.24, 2.45) is 5.92 Å². The summed E-state index contributed by atoms with van der Waals surface area (Å²) in [5.74, 6) is 0.593. The molecule has 0 aromatic carbocycles. The van der Waals surface area contributed by atoms with Crippen molar-refractivity contribution in [1.29, 1.82) is 0 Å². The van der Waals surface area contributed by atoms with E-state index < -0.39 is 0 Å². The maximum absolute atomic E-state index is 9.63. The number of hydrogen-bond donors (Lipinski definition) is 1. The summed E-state index contributed by atoms with van der Waals surface area (Å²) in [6.45, 7) is 3.65. The summed E-state index contributed by atoms with van der Waals surface area (Å²) in [4.78, 5) is 0. The lowest BCUT2D eigenvalue weighted by Gasteiger charge is -2.16. The van der Waals surface area contributed by atoms with Crippen molar-refractivity contribution < 1.29 is 5.11 Å². The van der Waals surface area contributed by atoms with E-state index in [1.165, 1.54) is 25.7 Å². The molecule has 64 valence electrons. The van der Waals surface area contributed by atoms with E-state index >= 15 is 0 Å². The molecule has 1 aliphatic rings. The quantitative estimate of drug-likeness (QED) is 0.617. The number of allylic oxidation sites excluding steroid dienone is 1. The smallest absolute Gasteiger partial charge is 0.0571 e. The Labute approximate surface area is 69.1 Å². The molecule has 1 aliphatic carbocycles. The van der Waals surface area contributed by atoms with Crippen LogP contribution in [0.5, 0.6) is 0 Å². The molecular weight excluding hydrogens is 136 g/mol. The Morgan fingerprint density at radius 3 is 2.64 bits per heavy atom. The normalized spacial score (nSPS) is 21.9. The number of aliphatic hydroxyl groups excluding tert-OH is 1. The average Bonchev–Trinajstić information content (AvgIpc) is 2.52. The van der Waals surface area contributed by atoms with Gasteiger partial charge in [0.15, 0.2) is 0 Å². The lowest BCUT2D eigenvalue weighted by molar-refractivity contribution is 0.103. The average molecular weight is 154 g/mol. The topological polar surface area (TPSA) is 20.2 Å². The molecule has 1 atom stereocenters. The lowest BCUT2D eigenvalue weighted by Crippen LogP contribution is -2.16. The molecule has 0 amide bonds. The zero-order chi connectivity index (χ0) is 8.10. The molecule has 0 aliphatic heterocycles. The van der Waals surface area contributed by atoms with E-state index in [1.54, 1.807) is 0 Å². The van der Waals surface area contributed by atoms with Gasteiger partial charge in [0.1, 0.15) is 0 Å². The highest BCUT2D eigenvalue weighted by molar-refractivity contribution is 4.77. The predicted molar refractivity (Wildman–Crippen MR) is 47.4 cm³/mol. The second kappa shape index (κ2) is 4.55. The van der Waals surface area contributed by atoms with Crippen molar-refractivity contribution in [1.82, 2.24) is 0 Å². The Morgan fingerprint density at radius 1 is 1.45 bits per heavy atom. The second-order valence-corrected chi connectivity index (χ2v) is 3.48. The van der Waals surface area contributed by atoms with Gasteiger partial charge in [-0.05, 0) is 31.6 Å². The molecule has 0 spiro atoms. The van der Waals surface area contributed by atoms with Crippen LogP contribution in [0.25, 0.3) is 0 Å². The van der Waals surface area contributed by atoms with Gasteiger partial charge in [-0.25, -0.2) is 0 Å². The SMILES string of the molecule is C=CCCC(O)C1CCCC1. The van der Waals surface area contributed by atoms with Crippen LogP contribution in [-0.2, 0) is 0 Å². The third kappa shape index (κ3) is 2.66. The summed E-state index contributed by atoms with van der Waals surface area (Å²) in [5.41, 5.74) is 0. The first-order valence-electron chi connectivity index (χ1n) is 4.63. The molecule has 1 nitrogen and oxygen atoms in total. The third-order valence-corrected chi connectivity index (χ3v) is 2.61. The highest BCUT2D eigenvalue weighted by atomic mass is 16.3. The second-order valence-electron chi connectivity index (χ2n) is 3.48. The van der Waals surface area contributed by atoms with E-state index in [0.29, 0.717) is 5.92 Å². The van der Waals surface area contributed by atoms with E-state index in [4.69, 9.17) is 0 Å². The van der Waals surface area contributed by atoms with Crippen LogP contribution < -0.4 is 0 Å². The Bertz CT molecular complexity index is 114. The van der Waals surface area contributed by atoms with Gasteiger partial charge in [-0.15, -0.1) is 6.58 Å². The van der Waals surface area contributed by atoms with Crippen LogP contribution in [0.15, 0.2) is 12.7 Å². The lowest BCUT2D eigenvalue weighted by atomic mass is 9.97. The predicted octanol–water partition coefficient (Wildman–Crippen LogP) is 2.50. The zero-order valence-electron chi connectivity index (χ0n) is 7.13. The van der Waals surface area contributed by atoms with E-state index in [2.05, 4.69) is 6.58 Å². The van der Waals surface area contributed by atoms with Crippen molar-refractivity contribution in [3.05, 3.63) is 12.7 Å². The van der Waals surface area contributed by atoms with Crippen LogP contribution in [0.1, 0.15) is 38.5 Å². The molecule has 0 saturated heterocycles. The van der Waals surface area contributed by atoms with Gasteiger partial charge in [-0.3, -0.25) is 0 Å². The monoisotopic (exact) mass is 154 g/mol. The summed E-state index contributed by atoms with van der Waals surface area (Å²) in [6, 6.07) is 0. The van der Waals surface area contributed by atoms with Gasteiger partial charge in [0, 0.05) is 0 Å². The Morgan fingerprint density at radius 2 is 2.09 bits per heavy atom. The molecule has 11 heavy (non-hydrogen) atoms. The van der Waals surface area contributed by atoms with Crippen LogP contribution >= 0.6 is 0 Å². The van der Waals surface area contributed by atoms with Crippen molar-refractivity contribution in [3.8, 4) is 0 Å². The van der Waals surface area contributed by atoms with Crippen molar-refractivity contribution in [3.63, 3.8) is 0 Å². The van der Waals surface area contributed by atoms with Gasteiger partial charge in [-0.2, -0.15) is 0 Å². The minimum absolute atomic E-state index is 0.0597. The molecule has 1 N–H and O–H groups in total. The van der Waals surface area contributed by atoms with Gasteiger partial charge >= 0.3 is 0 Å². The minimum atomic E-state index is -0.0597. The summed E-state index contributed by atoms with van der Waals surface area (Å²) in [5, 5.41) is 9.63. The maximum atomic E-state index is 9.63. The van der Waals surface area contributed by atoms with E-state index in [0.717, 1.165) is 12.8 Å². The summed E-state index contributed by atoms with van der Waals surface area (Å²) in [6.07, 6.45) is 8.79. The van der Waals surface area contributed by atoms with Gasteiger partial charge in [0.25, 0.3) is 0 Å². The fourth-order valence-corrected chi connectivity index (χ4v) is 1.87. The Kier molecular flexibility index (Phi) is 3.64. The molecule has 0 heterocycles. The van der Waals surface area contributed by atoms with Crippen LogP contribution in [0, 0.1) is 5.92 Å². The number of hydrogen-bond acceptors (Lipinski definition) is 1. The highest BCUT2D eigenvalue weighted by Gasteiger charge is 2.21. The molecule has 1 rings (SSSR count). The molecule has 0 radical (unpaired) electrons. The summed E-state index contributed by atoms with van der Waals surface area (Å²) < 4.78 is 0. The number of rotatable bonds is 4. The molecule has 1 unspecified atom stereocenters. The van der Waals surface area contributed by atoms with Gasteiger partial charge in [0.2, 0.25) is 0 Å². The van der Waals surface area contributed by atoms with Crippen molar-refractivity contribution in [2.75, 3.05) is 0 Å². The largest absolute Gasteiger partial charge is 0.393 e. The fourth-order valence-electron chi connectivity index (χ4n) is 1.87. The molecule has 1 saturated carbocycles. The Hall–Kier alpha value is -0.300. The number of aliphatic hydroxyl groups is 1. The van der Waals surface area contributed by atoms with Crippen LogP contribution in [0.3, 0.4) is 0 Å². The van der Waals surface area contributed by atoms with Crippen LogP contribution in [-0.4, -0.2) is 11.2 Å². The third-order valence-electron chi connectivity index (χ3n) is 2.61. The molecule has 0 aromatic rings. The molecule has 0 aromatic heterocycles. The van der Waals surface area contributed by atoms with E-state index in [-0.39, 0.29) is 6.10 Å². The minimum Gasteiger partial charge on any atom is -0.393 e. The first kappa shape index (κ1) is 8.79. The molecule has 1 heteroatoms. The Balaban J connectivity index is 2.16. The first-order chi connectivity index (χ1) is 5.34. The molecule has 1 fully saturated rings. The van der Waals surface area contributed by atoms with E-state index in [9.17, 15) is 5.11 Å². The summed E-state index contributed by atoms with van der Waals surface area (Å²) >= 11 is 0. The maximum Gasteiger partial charge on any atom is 0.0571 e. The van der Waals surface area contributed by atoms with Crippen LogP contribution in [0.2, 0.25) is 0 Å². The van der Waals surface area contributed by atoms with Gasteiger partial charge in [-0.1, -0.05) is 18.9 Å². The molecular formula is C10H18O. The summed E-state index contributed by atoms with van der Waals surface area (Å²) in [7, 11) is 0. The van der Waals surface area contributed by atoms with Gasteiger partial charge in [0.05, 0.1) is 6.10 Å². The fraction of sp³-hybridized carbons (Fsp3) is 0.800. The standard InChI is InChI=1S/C10H18O/c1-2-3-8-10(11)9-6-4-5-7-9/h2,9-11H,1,3-8H2. The van der Waals surface area contributed by atoms with Crippen molar-refractivity contribution >= 4 is 0 Å². The highest BCUT2D eigenvalue weighted by Crippen LogP contribution is 2.29. The first-order valence-corrected chi connectivity index (χ1v) is 4.63. The molecule has 0 bridgehead atoms. The van der Waals surface area contributed by atoms with Gasteiger partial charge < -0.3 is 5.11 Å².